The lowest BCUT2D eigenvalue weighted by Crippen LogP contribution is -2.20. The van der Waals surface area contributed by atoms with Crippen LogP contribution in [-0.2, 0) is 39.3 Å². The van der Waals surface area contributed by atoms with E-state index in [9.17, 15) is 0 Å². The fourth-order valence-corrected chi connectivity index (χ4v) is 3.32. The van der Waals surface area contributed by atoms with E-state index in [0.717, 1.165) is 22.6 Å². The van der Waals surface area contributed by atoms with Gasteiger partial charge in [-0.25, -0.2) is 0 Å². The molecule has 8 heteroatoms. The standard InChI is InChI=1S/C28H50O8/c1-27(2,3)23-21-26(36-20-18-34-16-14-32-12-10-30-8)24(28(4,5)6)22-25(23)35-19-17-33-15-13-31-11-9-29-7/h21-22H,9-20H2,1-8H3. The summed E-state index contributed by atoms with van der Waals surface area (Å²) < 4.78 is 44.5. The zero-order valence-corrected chi connectivity index (χ0v) is 23.9. The van der Waals surface area contributed by atoms with E-state index in [4.69, 9.17) is 37.9 Å². The molecule has 0 unspecified atom stereocenters. The van der Waals surface area contributed by atoms with Gasteiger partial charge in [-0.15, -0.1) is 0 Å². The Labute approximate surface area is 218 Å². The largest absolute Gasteiger partial charge is 0.491 e. The molecule has 0 saturated carbocycles. The summed E-state index contributed by atoms with van der Waals surface area (Å²) in [4.78, 5) is 0. The minimum atomic E-state index is -0.115. The molecule has 1 aromatic rings. The number of rotatable bonds is 20. The first-order valence-electron chi connectivity index (χ1n) is 12.8. The summed E-state index contributed by atoms with van der Waals surface area (Å²) in [6.45, 7) is 19.4. The molecule has 0 spiro atoms. The maximum Gasteiger partial charge on any atom is 0.123 e. The molecule has 0 N–H and O–H groups in total. The monoisotopic (exact) mass is 514 g/mol. The average molecular weight is 515 g/mol. The zero-order chi connectivity index (χ0) is 26.9. The average Bonchev–Trinajstić information content (AvgIpc) is 2.80. The van der Waals surface area contributed by atoms with Crippen LogP contribution in [0.25, 0.3) is 0 Å². The highest BCUT2D eigenvalue weighted by Crippen LogP contribution is 2.41. The Balaban J connectivity index is 2.70. The van der Waals surface area contributed by atoms with Crippen LogP contribution in [0.15, 0.2) is 12.1 Å². The van der Waals surface area contributed by atoms with Crippen molar-refractivity contribution in [1.29, 1.82) is 0 Å². The molecule has 1 rings (SSSR count). The molecule has 0 aliphatic heterocycles. The van der Waals surface area contributed by atoms with Crippen LogP contribution in [0.2, 0.25) is 0 Å². The first-order valence-corrected chi connectivity index (χ1v) is 12.8. The SMILES string of the molecule is COCCOCCOCCOc1cc(C(C)(C)C)c(OCCOCCOCCOC)cc1C(C)(C)C. The van der Waals surface area contributed by atoms with E-state index < -0.39 is 0 Å². The van der Waals surface area contributed by atoms with Gasteiger partial charge in [0.15, 0.2) is 0 Å². The van der Waals surface area contributed by atoms with E-state index in [1.807, 2.05) is 0 Å². The predicted molar refractivity (Wildman–Crippen MR) is 142 cm³/mol. The van der Waals surface area contributed by atoms with Crippen molar-refractivity contribution in [2.24, 2.45) is 0 Å². The molecule has 0 aromatic heterocycles. The third kappa shape index (κ3) is 13.8. The Morgan fingerprint density at radius 3 is 1.00 bits per heavy atom. The fraction of sp³-hybridized carbons (Fsp3) is 0.786. The summed E-state index contributed by atoms with van der Waals surface area (Å²) in [7, 11) is 3.32. The van der Waals surface area contributed by atoms with E-state index in [0.29, 0.717) is 79.3 Å². The Morgan fingerprint density at radius 2 is 0.722 bits per heavy atom. The molecule has 0 aliphatic rings. The lowest BCUT2D eigenvalue weighted by molar-refractivity contribution is 0.0175. The molecular formula is C28H50O8. The van der Waals surface area contributed by atoms with Crippen molar-refractivity contribution in [1.82, 2.24) is 0 Å². The van der Waals surface area contributed by atoms with Gasteiger partial charge in [0.25, 0.3) is 0 Å². The Kier molecular flexibility index (Phi) is 16.2. The first kappa shape index (κ1) is 32.6. The van der Waals surface area contributed by atoms with Gasteiger partial charge in [0.2, 0.25) is 0 Å². The van der Waals surface area contributed by atoms with Gasteiger partial charge < -0.3 is 37.9 Å². The van der Waals surface area contributed by atoms with Crippen molar-refractivity contribution in [2.75, 3.05) is 93.5 Å². The molecule has 210 valence electrons. The Morgan fingerprint density at radius 1 is 0.444 bits per heavy atom. The smallest absolute Gasteiger partial charge is 0.123 e. The number of hydrogen-bond donors (Lipinski definition) is 0. The van der Waals surface area contributed by atoms with Gasteiger partial charge in [-0.2, -0.15) is 0 Å². The van der Waals surface area contributed by atoms with Gasteiger partial charge >= 0.3 is 0 Å². The Hall–Kier alpha value is -1.42. The van der Waals surface area contributed by atoms with Crippen LogP contribution >= 0.6 is 0 Å². The van der Waals surface area contributed by atoms with Gasteiger partial charge in [-0.05, 0) is 23.0 Å². The third-order valence-corrected chi connectivity index (χ3v) is 5.28. The molecule has 0 amide bonds. The van der Waals surface area contributed by atoms with Crippen molar-refractivity contribution < 1.29 is 37.9 Å². The molecule has 0 heterocycles. The number of methoxy groups -OCH3 is 2. The van der Waals surface area contributed by atoms with Crippen LogP contribution in [0.1, 0.15) is 52.7 Å². The van der Waals surface area contributed by atoms with Crippen molar-refractivity contribution in [3.63, 3.8) is 0 Å². The van der Waals surface area contributed by atoms with Gasteiger partial charge in [-0.1, -0.05) is 41.5 Å². The van der Waals surface area contributed by atoms with Gasteiger partial charge in [0.1, 0.15) is 24.7 Å². The normalized spacial score (nSPS) is 12.2. The van der Waals surface area contributed by atoms with Crippen molar-refractivity contribution in [3.8, 4) is 11.5 Å². The van der Waals surface area contributed by atoms with Crippen molar-refractivity contribution in [3.05, 3.63) is 23.3 Å². The highest BCUT2D eigenvalue weighted by molar-refractivity contribution is 5.51. The second-order valence-electron chi connectivity index (χ2n) is 10.5. The second kappa shape index (κ2) is 17.9. The molecule has 0 bridgehead atoms. The van der Waals surface area contributed by atoms with Crippen LogP contribution in [0.3, 0.4) is 0 Å². The summed E-state index contributed by atoms with van der Waals surface area (Å²) in [5, 5.41) is 0. The van der Waals surface area contributed by atoms with Gasteiger partial charge in [0, 0.05) is 25.3 Å². The highest BCUT2D eigenvalue weighted by Gasteiger charge is 2.27. The number of ether oxygens (including phenoxy) is 8. The predicted octanol–water partition coefficient (Wildman–Crippen LogP) is 4.40. The molecule has 1 aromatic carbocycles. The summed E-state index contributed by atoms with van der Waals surface area (Å²) in [5.41, 5.74) is 1.97. The zero-order valence-electron chi connectivity index (χ0n) is 23.9. The molecule has 0 saturated heterocycles. The minimum absolute atomic E-state index is 0.115. The third-order valence-electron chi connectivity index (χ3n) is 5.28. The minimum Gasteiger partial charge on any atom is -0.491 e. The molecule has 0 aliphatic carbocycles. The molecule has 0 radical (unpaired) electrons. The van der Waals surface area contributed by atoms with E-state index in [2.05, 4.69) is 53.7 Å². The fourth-order valence-electron chi connectivity index (χ4n) is 3.32. The summed E-state index contributed by atoms with van der Waals surface area (Å²) in [6.07, 6.45) is 0. The molecule has 0 fully saturated rings. The highest BCUT2D eigenvalue weighted by atomic mass is 16.6. The van der Waals surface area contributed by atoms with Crippen LogP contribution in [0.4, 0.5) is 0 Å². The van der Waals surface area contributed by atoms with E-state index >= 15 is 0 Å². The number of hydrogen-bond acceptors (Lipinski definition) is 8. The summed E-state index contributed by atoms with van der Waals surface area (Å²) in [6, 6.07) is 4.24. The summed E-state index contributed by atoms with van der Waals surface area (Å²) in [5.74, 6) is 1.73. The van der Waals surface area contributed by atoms with Gasteiger partial charge in [0.05, 0.1) is 66.1 Å². The first-order chi connectivity index (χ1) is 17.1. The van der Waals surface area contributed by atoms with Crippen LogP contribution in [-0.4, -0.2) is 93.5 Å². The summed E-state index contributed by atoms with van der Waals surface area (Å²) >= 11 is 0. The van der Waals surface area contributed by atoms with Crippen LogP contribution in [0, 0.1) is 0 Å². The topological polar surface area (TPSA) is 73.8 Å². The quantitative estimate of drug-likeness (QED) is 0.237. The molecule has 0 atom stereocenters. The van der Waals surface area contributed by atoms with Crippen molar-refractivity contribution in [2.45, 2.75) is 52.4 Å². The maximum atomic E-state index is 6.21. The van der Waals surface area contributed by atoms with Crippen LogP contribution < -0.4 is 9.47 Å². The lowest BCUT2D eigenvalue weighted by atomic mass is 9.81. The molecule has 8 nitrogen and oxygen atoms in total. The van der Waals surface area contributed by atoms with E-state index in [1.54, 1.807) is 14.2 Å². The number of benzene rings is 1. The molecular weight excluding hydrogens is 464 g/mol. The second-order valence-corrected chi connectivity index (χ2v) is 10.5. The van der Waals surface area contributed by atoms with E-state index in [1.165, 1.54) is 0 Å². The maximum absolute atomic E-state index is 6.21. The van der Waals surface area contributed by atoms with Crippen LogP contribution in [0.5, 0.6) is 11.5 Å². The van der Waals surface area contributed by atoms with E-state index in [-0.39, 0.29) is 10.8 Å². The lowest BCUT2D eigenvalue weighted by Gasteiger charge is -2.29. The van der Waals surface area contributed by atoms with Crippen molar-refractivity contribution >= 4 is 0 Å². The van der Waals surface area contributed by atoms with Gasteiger partial charge in [-0.3, -0.25) is 0 Å². The Bertz CT molecular complexity index is 634. The molecule has 36 heavy (non-hydrogen) atoms.